The monoisotopic (exact) mass is 296 g/mol. The Morgan fingerprint density at radius 1 is 1.35 bits per heavy atom. The van der Waals surface area contributed by atoms with Gasteiger partial charge < -0.3 is 5.32 Å². The molecule has 1 aromatic rings. The van der Waals surface area contributed by atoms with Crippen LogP contribution in [0.1, 0.15) is 31.7 Å². The summed E-state index contributed by atoms with van der Waals surface area (Å²) in [7, 11) is 0. The number of nitrogens with zero attached hydrogens (tertiary/aromatic N) is 1. The van der Waals surface area contributed by atoms with E-state index >= 15 is 0 Å². The standard InChI is InChI=1S/C16H22ClFN2/c1-11-6-7-19-16(12-2-3-12)10-20(11)9-13-4-5-14(17)8-15(13)18/h4-5,8,11-12,16,19H,2-3,6-7,9-10H2,1H3. The predicted octanol–water partition coefficient (Wildman–Crippen LogP) is 3.44. The third-order valence-corrected chi connectivity index (χ3v) is 4.84. The van der Waals surface area contributed by atoms with Crippen molar-refractivity contribution >= 4 is 11.6 Å². The molecule has 1 aliphatic heterocycles. The molecule has 1 saturated heterocycles. The molecule has 2 fully saturated rings. The molecule has 0 amide bonds. The summed E-state index contributed by atoms with van der Waals surface area (Å²) < 4.78 is 14.0. The molecule has 1 N–H and O–H groups in total. The van der Waals surface area contributed by atoms with Gasteiger partial charge >= 0.3 is 0 Å². The number of hydrogen-bond donors (Lipinski definition) is 1. The van der Waals surface area contributed by atoms with E-state index in [1.165, 1.54) is 18.9 Å². The van der Waals surface area contributed by atoms with Gasteiger partial charge in [0.15, 0.2) is 0 Å². The summed E-state index contributed by atoms with van der Waals surface area (Å²) in [4.78, 5) is 2.41. The van der Waals surface area contributed by atoms with Gasteiger partial charge in [-0.2, -0.15) is 0 Å². The van der Waals surface area contributed by atoms with E-state index in [2.05, 4.69) is 17.1 Å². The number of halogens is 2. The normalized spacial score (nSPS) is 28.4. The van der Waals surface area contributed by atoms with Crippen LogP contribution in [-0.2, 0) is 6.54 Å². The molecule has 2 nitrogen and oxygen atoms in total. The lowest BCUT2D eigenvalue weighted by Gasteiger charge is -2.29. The Kier molecular flexibility index (Phi) is 4.29. The molecule has 4 heteroatoms. The van der Waals surface area contributed by atoms with E-state index in [-0.39, 0.29) is 5.82 Å². The van der Waals surface area contributed by atoms with E-state index in [9.17, 15) is 4.39 Å². The average Bonchev–Trinajstić information content (AvgIpc) is 3.22. The Hall–Kier alpha value is -0.640. The smallest absolute Gasteiger partial charge is 0.129 e. The molecule has 0 bridgehead atoms. The SMILES string of the molecule is CC1CCNC(C2CC2)CN1Cc1ccc(Cl)cc1F. The van der Waals surface area contributed by atoms with Crippen LogP contribution in [0.5, 0.6) is 0 Å². The van der Waals surface area contributed by atoms with E-state index in [0.29, 0.717) is 23.7 Å². The molecule has 0 radical (unpaired) electrons. The van der Waals surface area contributed by atoms with Crippen molar-refractivity contribution in [2.24, 2.45) is 5.92 Å². The second-order valence-corrected chi connectivity index (χ2v) is 6.64. The first-order valence-electron chi connectivity index (χ1n) is 7.55. The quantitative estimate of drug-likeness (QED) is 0.919. The van der Waals surface area contributed by atoms with Gasteiger partial charge in [0.1, 0.15) is 5.82 Å². The van der Waals surface area contributed by atoms with E-state index in [4.69, 9.17) is 11.6 Å². The van der Waals surface area contributed by atoms with Crippen molar-refractivity contribution in [2.75, 3.05) is 13.1 Å². The molecular weight excluding hydrogens is 275 g/mol. The summed E-state index contributed by atoms with van der Waals surface area (Å²) in [6.45, 7) is 5.01. The predicted molar refractivity (Wildman–Crippen MR) is 80.4 cm³/mol. The minimum absolute atomic E-state index is 0.190. The minimum Gasteiger partial charge on any atom is -0.312 e. The van der Waals surface area contributed by atoms with Crippen molar-refractivity contribution in [3.8, 4) is 0 Å². The molecule has 3 rings (SSSR count). The Bertz CT molecular complexity index is 476. The number of benzene rings is 1. The average molecular weight is 297 g/mol. The first-order valence-corrected chi connectivity index (χ1v) is 7.92. The lowest BCUT2D eigenvalue weighted by molar-refractivity contribution is 0.188. The molecule has 110 valence electrons. The van der Waals surface area contributed by atoms with Gasteiger partial charge in [0.05, 0.1) is 0 Å². The van der Waals surface area contributed by atoms with Crippen LogP contribution in [0.3, 0.4) is 0 Å². The zero-order valence-corrected chi connectivity index (χ0v) is 12.7. The summed E-state index contributed by atoms with van der Waals surface area (Å²) in [5.74, 6) is 0.641. The summed E-state index contributed by atoms with van der Waals surface area (Å²) in [6.07, 6.45) is 3.81. The van der Waals surface area contributed by atoms with E-state index < -0.39 is 0 Å². The third kappa shape index (κ3) is 3.33. The fourth-order valence-electron chi connectivity index (χ4n) is 3.06. The summed E-state index contributed by atoms with van der Waals surface area (Å²) in [6, 6.07) is 6.07. The molecular formula is C16H22ClFN2. The van der Waals surface area contributed by atoms with Crippen molar-refractivity contribution in [3.63, 3.8) is 0 Å². The lowest BCUT2D eigenvalue weighted by Crippen LogP contribution is -2.41. The topological polar surface area (TPSA) is 15.3 Å². The van der Waals surface area contributed by atoms with Crippen LogP contribution in [0.25, 0.3) is 0 Å². The van der Waals surface area contributed by atoms with E-state index in [0.717, 1.165) is 31.0 Å². The number of nitrogens with one attached hydrogen (secondary N) is 1. The molecule has 2 aliphatic rings. The molecule has 2 atom stereocenters. The maximum absolute atomic E-state index is 14.0. The number of rotatable bonds is 3. The Morgan fingerprint density at radius 2 is 2.15 bits per heavy atom. The highest BCUT2D eigenvalue weighted by Crippen LogP contribution is 2.34. The van der Waals surface area contributed by atoms with E-state index in [1.54, 1.807) is 6.07 Å². The second-order valence-electron chi connectivity index (χ2n) is 6.20. The van der Waals surface area contributed by atoms with Crippen molar-refractivity contribution in [3.05, 3.63) is 34.6 Å². The molecule has 2 unspecified atom stereocenters. The van der Waals surface area contributed by atoms with Gasteiger partial charge in [-0.15, -0.1) is 0 Å². The first kappa shape index (κ1) is 14.3. The van der Waals surface area contributed by atoms with Crippen LogP contribution in [0, 0.1) is 11.7 Å². The highest BCUT2D eigenvalue weighted by atomic mass is 35.5. The molecule has 1 saturated carbocycles. The Labute approximate surface area is 125 Å². The van der Waals surface area contributed by atoms with Crippen LogP contribution in [-0.4, -0.2) is 30.1 Å². The van der Waals surface area contributed by atoms with Gasteiger partial charge in [-0.25, -0.2) is 4.39 Å². The van der Waals surface area contributed by atoms with Gasteiger partial charge in [-0.05, 0) is 50.8 Å². The molecule has 0 spiro atoms. The van der Waals surface area contributed by atoms with Gasteiger partial charge in [0.25, 0.3) is 0 Å². The first-order chi connectivity index (χ1) is 9.63. The highest BCUT2D eigenvalue weighted by molar-refractivity contribution is 6.30. The van der Waals surface area contributed by atoms with Crippen LogP contribution in [0.15, 0.2) is 18.2 Å². The largest absolute Gasteiger partial charge is 0.312 e. The molecule has 0 aromatic heterocycles. The third-order valence-electron chi connectivity index (χ3n) is 4.60. The lowest BCUT2D eigenvalue weighted by atomic mass is 10.1. The zero-order valence-electron chi connectivity index (χ0n) is 11.9. The molecule has 20 heavy (non-hydrogen) atoms. The van der Waals surface area contributed by atoms with Crippen molar-refractivity contribution in [2.45, 2.75) is 44.8 Å². The van der Waals surface area contributed by atoms with Gasteiger partial charge in [0.2, 0.25) is 0 Å². The van der Waals surface area contributed by atoms with Gasteiger partial charge in [0, 0.05) is 35.8 Å². The van der Waals surface area contributed by atoms with E-state index in [1.807, 2.05) is 6.07 Å². The maximum atomic E-state index is 14.0. The highest BCUT2D eigenvalue weighted by Gasteiger charge is 2.34. The molecule has 1 aromatic carbocycles. The van der Waals surface area contributed by atoms with Crippen molar-refractivity contribution in [1.29, 1.82) is 0 Å². The van der Waals surface area contributed by atoms with Crippen LogP contribution >= 0.6 is 11.6 Å². The Balaban J connectivity index is 1.72. The zero-order chi connectivity index (χ0) is 14.1. The van der Waals surface area contributed by atoms with Crippen LogP contribution in [0.2, 0.25) is 5.02 Å². The van der Waals surface area contributed by atoms with Crippen LogP contribution in [0.4, 0.5) is 4.39 Å². The summed E-state index contributed by atoms with van der Waals surface area (Å²) in [5.41, 5.74) is 0.748. The van der Waals surface area contributed by atoms with Gasteiger partial charge in [-0.3, -0.25) is 4.90 Å². The Morgan fingerprint density at radius 3 is 2.85 bits per heavy atom. The maximum Gasteiger partial charge on any atom is 0.129 e. The molecule has 1 aliphatic carbocycles. The van der Waals surface area contributed by atoms with Gasteiger partial charge in [-0.1, -0.05) is 17.7 Å². The van der Waals surface area contributed by atoms with Crippen molar-refractivity contribution in [1.82, 2.24) is 10.2 Å². The fraction of sp³-hybridized carbons (Fsp3) is 0.625. The summed E-state index contributed by atoms with van der Waals surface area (Å²) >= 11 is 5.82. The number of hydrogen-bond acceptors (Lipinski definition) is 2. The second kappa shape index (κ2) is 6.00. The van der Waals surface area contributed by atoms with Crippen LogP contribution < -0.4 is 5.32 Å². The molecule has 1 heterocycles. The fourth-order valence-corrected chi connectivity index (χ4v) is 3.22. The summed E-state index contributed by atoms with van der Waals surface area (Å²) in [5, 5.41) is 4.12. The van der Waals surface area contributed by atoms with Crippen molar-refractivity contribution < 1.29 is 4.39 Å². The minimum atomic E-state index is -0.190.